The molecular weight excluding hydrogens is 803 g/mol. The summed E-state index contributed by atoms with van der Waals surface area (Å²) in [6.45, 7) is 18.4. The summed E-state index contributed by atoms with van der Waals surface area (Å²) < 4.78 is 16.8. The van der Waals surface area contributed by atoms with Crippen molar-refractivity contribution < 1.29 is 8.83 Å². The molecule has 0 fully saturated rings. The lowest BCUT2D eigenvalue weighted by Gasteiger charge is -2.42. The lowest BCUT2D eigenvalue weighted by Crippen LogP contribution is -2.60. The average Bonchev–Trinajstić information content (AvgIpc) is 4.05. The van der Waals surface area contributed by atoms with Gasteiger partial charge in [0.2, 0.25) is 0 Å². The first-order valence-electron chi connectivity index (χ1n) is 23.5. The molecule has 0 saturated heterocycles. The molecule has 0 bridgehead atoms. The molecule has 318 valence electrons. The molecule has 4 nitrogen and oxygen atoms in total. The van der Waals surface area contributed by atoms with E-state index < -0.39 is 0 Å². The molecule has 66 heavy (non-hydrogen) atoms. The quantitative estimate of drug-likeness (QED) is 0.163. The third-order valence-electron chi connectivity index (χ3n) is 15.5. The first kappa shape index (κ1) is 38.1. The maximum Gasteiger partial charge on any atom is 0.333 e. The SMILES string of the molecule is CC(C)(C)c1ccc(N2B3c4cc5cc(-c6ccccc6)oc5cc4-n4c5ccc(C(C)(C)C)cc5c5c6c(oc7ccccc76)c(c3c54)-c3cc4c(cc32)C(C)(C)c2ccccc2-4)cc1. The zero-order valence-electron chi connectivity index (χ0n) is 38.7. The number of para-hydroxylation sites is 1. The van der Waals surface area contributed by atoms with Gasteiger partial charge in [-0.1, -0.05) is 152 Å². The van der Waals surface area contributed by atoms with Crippen LogP contribution >= 0.6 is 0 Å². The first-order valence-corrected chi connectivity index (χ1v) is 23.5. The predicted molar refractivity (Wildman–Crippen MR) is 277 cm³/mol. The first-order chi connectivity index (χ1) is 31.8. The third kappa shape index (κ3) is 4.90. The lowest BCUT2D eigenvalue weighted by molar-refractivity contribution is 0.590. The molecule has 2 aliphatic heterocycles. The fraction of sp³-hybridized carbons (Fsp3) is 0.180. The monoisotopic (exact) mass is 852 g/mol. The molecule has 8 aromatic carbocycles. The maximum atomic E-state index is 7.34. The molecule has 0 saturated carbocycles. The van der Waals surface area contributed by atoms with Gasteiger partial charge in [0.1, 0.15) is 22.5 Å². The largest absolute Gasteiger partial charge is 0.456 e. The van der Waals surface area contributed by atoms with Crippen LogP contribution in [0.15, 0.2) is 160 Å². The second kappa shape index (κ2) is 12.6. The highest BCUT2D eigenvalue weighted by Gasteiger charge is 2.48. The molecule has 0 spiro atoms. The van der Waals surface area contributed by atoms with E-state index >= 15 is 0 Å². The number of rotatable bonds is 2. The highest BCUT2D eigenvalue weighted by atomic mass is 16.3. The van der Waals surface area contributed by atoms with Crippen LogP contribution < -0.4 is 15.7 Å². The van der Waals surface area contributed by atoms with Crippen LogP contribution in [0.1, 0.15) is 77.6 Å². The van der Waals surface area contributed by atoms with E-state index in [0.717, 1.165) is 50.2 Å². The minimum absolute atomic E-state index is 0.00819. The second-order valence-corrected chi connectivity index (χ2v) is 21.7. The Morgan fingerprint density at radius 3 is 2.06 bits per heavy atom. The van der Waals surface area contributed by atoms with Crippen LogP contribution in [0, 0.1) is 0 Å². The Balaban J connectivity index is 1.20. The summed E-state index contributed by atoms with van der Waals surface area (Å²) in [6, 6.07) is 56.8. The summed E-state index contributed by atoms with van der Waals surface area (Å²) in [7, 11) is 0. The van der Waals surface area contributed by atoms with Gasteiger partial charge in [0, 0.05) is 72.2 Å². The summed E-state index contributed by atoms with van der Waals surface area (Å²) in [5, 5.41) is 5.89. The fourth-order valence-electron chi connectivity index (χ4n) is 12.1. The zero-order valence-corrected chi connectivity index (χ0v) is 38.7. The van der Waals surface area contributed by atoms with Gasteiger partial charge < -0.3 is 18.2 Å². The second-order valence-electron chi connectivity index (χ2n) is 21.7. The maximum absolute atomic E-state index is 7.34. The summed E-state index contributed by atoms with van der Waals surface area (Å²) >= 11 is 0. The Labute approximate surface area is 385 Å². The molecule has 11 aromatic rings. The Bertz CT molecular complexity index is 3920. The van der Waals surface area contributed by atoms with Crippen molar-refractivity contribution in [1.82, 2.24) is 4.57 Å². The number of nitrogens with zero attached hydrogens (tertiary/aromatic N) is 2. The van der Waals surface area contributed by atoms with Gasteiger partial charge in [0.25, 0.3) is 0 Å². The third-order valence-corrected chi connectivity index (χ3v) is 15.5. The molecule has 0 radical (unpaired) electrons. The summed E-state index contributed by atoms with van der Waals surface area (Å²) in [5.74, 6) is 0.869. The molecule has 0 amide bonds. The molecule has 0 N–H and O–H groups in total. The van der Waals surface area contributed by atoms with Crippen LogP contribution in [0.25, 0.3) is 94.0 Å². The van der Waals surface area contributed by atoms with Gasteiger partial charge in [0.05, 0.1) is 11.0 Å². The van der Waals surface area contributed by atoms with Crippen LogP contribution in [0.3, 0.4) is 0 Å². The van der Waals surface area contributed by atoms with E-state index in [4.69, 9.17) is 8.83 Å². The van der Waals surface area contributed by atoms with Gasteiger partial charge in [-0.3, -0.25) is 0 Å². The van der Waals surface area contributed by atoms with E-state index in [9.17, 15) is 0 Å². The van der Waals surface area contributed by atoms with Crippen molar-refractivity contribution >= 4 is 83.9 Å². The number of hydrogen-bond acceptors (Lipinski definition) is 3. The minimum Gasteiger partial charge on any atom is -0.456 e. The zero-order chi connectivity index (χ0) is 44.8. The Morgan fingerprint density at radius 2 is 1.27 bits per heavy atom. The van der Waals surface area contributed by atoms with E-state index in [-0.39, 0.29) is 23.1 Å². The minimum atomic E-state index is -0.202. The van der Waals surface area contributed by atoms with Crippen LogP contribution in [-0.4, -0.2) is 11.4 Å². The van der Waals surface area contributed by atoms with E-state index in [0.29, 0.717) is 0 Å². The van der Waals surface area contributed by atoms with Crippen LogP contribution in [0.4, 0.5) is 11.4 Å². The van der Waals surface area contributed by atoms with E-state index in [1.54, 1.807) is 0 Å². The van der Waals surface area contributed by atoms with E-state index in [1.165, 1.54) is 88.3 Å². The average molecular weight is 853 g/mol. The molecule has 0 unspecified atom stereocenters. The molecule has 5 heteroatoms. The van der Waals surface area contributed by atoms with Crippen molar-refractivity contribution in [1.29, 1.82) is 0 Å². The van der Waals surface area contributed by atoms with Crippen molar-refractivity contribution in [3.8, 4) is 39.3 Å². The van der Waals surface area contributed by atoms with Crippen molar-refractivity contribution in [2.24, 2.45) is 0 Å². The predicted octanol–water partition coefficient (Wildman–Crippen LogP) is 15.2. The number of furan rings is 2. The summed E-state index contributed by atoms with van der Waals surface area (Å²) in [5.41, 5.74) is 22.3. The van der Waals surface area contributed by atoms with Crippen molar-refractivity contribution in [3.05, 3.63) is 174 Å². The smallest absolute Gasteiger partial charge is 0.333 e. The highest BCUT2D eigenvalue weighted by molar-refractivity contribution is 6.94. The lowest BCUT2D eigenvalue weighted by atomic mass is 9.43. The number of aromatic nitrogens is 1. The standard InChI is InChI=1S/C61H49BN2O2/c1-59(2,3)36-22-25-38(26-23-36)64-48-32-45-41(39-18-12-14-20-44(39)61(45,7)8)31-43(48)55-56-57-53(54-40-19-13-15-21-50(40)66-58(54)55)42-30-37(60(4,5)6)24-27-47(42)63(57)49-33-52-35(28-46(49)62(56)64)29-51(65-52)34-16-10-9-11-17-34/h9-33H,1-8H3. The molecule has 0 atom stereocenters. The molecular formula is C61H49BN2O2. The normalized spacial score (nSPS) is 14.7. The van der Waals surface area contributed by atoms with Gasteiger partial charge in [-0.25, -0.2) is 0 Å². The number of benzene rings is 8. The van der Waals surface area contributed by atoms with Gasteiger partial charge in [0.15, 0.2) is 0 Å². The number of hydrogen-bond donors (Lipinski definition) is 0. The molecule has 1 aliphatic carbocycles. The van der Waals surface area contributed by atoms with E-state index in [1.807, 2.05) is 0 Å². The molecule has 5 heterocycles. The Hall–Kier alpha value is -7.24. The van der Waals surface area contributed by atoms with Crippen LogP contribution in [0.2, 0.25) is 0 Å². The molecule has 3 aliphatic rings. The van der Waals surface area contributed by atoms with Gasteiger partial charge in [-0.15, -0.1) is 0 Å². The molecule has 3 aromatic heterocycles. The van der Waals surface area contributed by atoms with Gasteiger partial charge in [-0.2, -0.15) is 0 Å². The fourth-order valence-corrected chi connectivity index (χ4v) is 12.1. The van der Waals surface area contributed by atoms with Crippen molar-refractivity contribution in [2.45, 2.75) is 71.6 Å². The van der Waals surface area contributed by atoms with Gasteiger partial charge >= 0.3 is 6.85 Å². The molecule has 14 rings (SSSR count). The summed E-state index contributed by atoms with van der Waals surface area (Å²) in [4.78, 5) is 2.67. The Morgan fingerprint density at radius 1 is 0.545 bits per heavy atom. The van der Waals surface area contributed by atoms with Crippen molar-refractivity contribution in [2.75, 3.05) is 4.81 Å². The van der Waals surface area contributed by atoms with Crippen LogP contribution in [0.5, 0.6) is 0 Å². The number of anilines is 2. The van der Waals surface area contributed by atoms with Crippen molar-refractivity contribution in [3.63, 3.8) is 0 Å². The van der Waals surface area contributed by atoms with Gasteiger partial charge in [-0.05, 0) is 104 Å². The summed E-state index contributed by atoms with van der Waals surface area (Å²) in [6.07, 6.45) is 0. The topological polar surface area (TPSA) is 34.5 Å². The highest BCUT2D eigenvalue weighted by Crippen LogP contribution is 2.56. The Kier molecular flexibility index (Phi) is 7.24. The number of fused-ring (bicyclic) bond motifs is 17. The van der Waals surface area contributed by atoms with E-state index in [2.05, 4.69) is 216 Å². The van der Waals surface area contributed by atoms with Crippen LogP contribution in [-0.2, 0) is 16.2 Å².